The van der Waals surface area contributed by atoms with E-state index in [0.29, 0.717) is 28.1 Å². The van der Waals surface area contributed by atoms with Gasteiger partial charge in [0.15, 0.2) is 11.5 Å². The third-order valence-corrected chi connectivity index (χ3v) is 5.93. The molecule has 8 heteroatoms. The van der Waals surface area contributed by atoms with E-state index in [-0.39, 0.29) is 5.57 Å². The highest BCUT2D eigenvalue weighted by atomic mass is 32.1. The summed E-state index contributed by atoms with van der Waals surface area (Å²) in [5.41, 5.74) is 1.49. The molecule has 1 unspecified atom stereocenters. The molecule has 7 nitrogen and oxygen atoms in total. The number of carbonyl (C=O) groups excluding carboxylic acids is 2. The smallest absolute Gasteiger partial charge is 0.296 e. The fourth-order valence-corrected chi connectivity index (χ4v) is 4.26. The molecule has 3 aromatic rings. The molecule has 0 fully saturated rings. The SMILES string of the molecule is CCCOc1ccc(C2C(C(=O)/C=C/c3ccccc3)=C(O)C(=O)N2c2nnc(C)s2)cc1. The normalized spacial score (nSPS) is 16.1. The molecule has 2 aromatic carbocycles. The van der Waals surface area contributed by atoms with E-state index in [1.54, 1.807) is 37.3 Å². The molecule has 4 rings (SSSR count). The zero-order valence-electron chi connectivity index (χ0n) is 18.3. The number of ether oxygens (including phenoxy) is 1. The van der Waals surface area contributed by atoms with E-state index in [2.05, 4.69) is 10.2 Å². The van der Waals surface area contributed by atoms with Gasteiger partial charge in [-0.1, -0.05) is 66.8 Å². The molecule has 0 aliphatic carbocycles. The molecular formula is C25H23N3O4S. The Balaban J connectivity index is 1.73. The van der Waals surface area contributed by atoms with Gasteiger partial charge in [-0.2, -0.15) is 0 Å². The first-order valence-corrected chi connectivity index (χ1v) is 11.4. The van der Waals surface area contributed by atoms with Gasteiger partial charge in [0, 0.05) is 0 Å². The van der Waals surface area contributed by atoms with Crippen LogP contribution >= 0.6 is 11.3 Å². The monoisotopic (exact) mass is 461 g/mol. The molecule has 1 amide bonds. The van der Waals surface area contributed by atoms with Crippen molar-refractivity contribution < 1.29 is 19.4 Å². The van der Waals surface area contributed by atoms with Gasteiger partial charge in [-0.05, 0) is 42.7 Å². The van der Waals surface area contributed by atoms with Crippen molar-refractivity contribution >= 4 is 34.2 Å². The van der Waals surface area contributed by atoms with Crippen LogP contribution in [0, 0.1) is 6.92 Å². The quantitative estimate of drug-likeness (QED) is 0.484. The molecule has 1 aliphatic heterocycles. The van der Waals surface area contributed by atoms with Crippen molar-refractivity contribution in [2.45, 2.75) is 26.3 Å². The number of aliphatic hydroxyl groups excluding tert-OH is 1. The predicted molar refractivity (Wildman–Crippen MR) is 127 cm³/mol. The Morgan fingerprint density at radius 3 is 2.52 bits per heavy atom. The first-order chi connectivity index (χ1) is 16.0. The summed E-state index contributed by atoms with van der Waals surface area (Å²) in [4.78, 5) is 27.6. The van der Waals surface area contributed by atoms with E-state index in [4.69, 9.17) is 4.74 Å². The average molecular weight is 462 g/mol. The van der Waals surface area contributed by atoms with Crippen molar-refractivity contribution in [2.24, 2.45) is 0 Å². The van der Waals surface area contributed by atoms with Gasteiger partial charge in [0.05, 0.1) is 18.2 Å². The van der Waals surface area contributed by atoms with Crippen LogP contribution in [0.15, 0.2) is 72.0 Å². The molecule has 0 saturated carbocycles. The number of carbonyl (C=O) groups is 2. The number of benzene rings is 2. The summed E-state index contributed by atoms with van der Waals surface area (Å²) in [5.74, 6) is -1.03. The second kappa shape index (κ2) is 9.79. The van der Waals surface area contributed by atoms with Crippen LogP contribution in [0.5, 0.6) is 5.75 Å². The summed E-state index contributed by atoms with van der Waals surface area (Å²) in [6.45, 7) is 4.39. The molecule has 168 valence electrons. The lowest BCUT2D eigenvalue weighted by Gasteiger charge is -2.24. The maximum atomic E-state index is 13.2. The van der Waals surface area contributed by atoms with Gasteiger partial charge in [-0.3, -0.25) is 14.5 Å². The second-order valence-corrected chi connectivity index (χ2v) is 8.63. The number of anilines is 1. The summed E-state index contributed by atoms with van der Waals surface area (Å²) in [6, 6.07) is 15.7. The standard InChI is InChI=1S/C25H23N3O4S/c1-3-15-32-19-12-10-18(11-13-19)22-21(20(29)14-9-17-7-5-4-6-8-17)23(30)24(31)28(22)25-27-26-16(2)33-25/h4-14,22,30H,3,15H2,1-2H3/b14-9+. The summed E-state index contributed by atoms with van der Waals surface area (Å²) in [7, 11) is 0. The largest absolute Gasteiger partial charge is 0.503 e. The fraction of sp³-hybridized carbons (Fsp3) is 0.200. The summed E-state index contributed by atoms with van der Waals surface area (Å²) < 4.78 is 5.65. The molecule has 33 heavy (non-hydrogen) atoms. The Bertz CT molecular complexity index is 1220. The number of nitrogens with zero attached hydrogens (tertiary/aromatic N) is 3. The topological polar surface area (TPSA) is 92.6 Å². The summed E-state index contributed by atoms with van der Waals surface area (Å²) in [5, 5.41) is 19.8. The van der Waals surface area contributed by atoms with Gasteiger partial charge < -0.3 is 9.84 Å². The number of amides is 1. The third-order valence-electron chi connectivity index (χ3n) is 5.09. The minimum Gasteiger partial charge on any atom is -0.503 e. The van der Waals surface area contributed by atoms with Crippen LogP contribution in [0.2, 0.25) is 0 Å². The van der Waals surface area contributed by atoms with E-state index >= 15 is 0 Å². The van der Waals surface area contributed by atoms with Crippen LogP contribution in [0.4, 0.5) is 5.13 Å². The molecule has 1 atom stereocenters. The van der Waals surface area contributed by atoms with Crippen LogP contribution in [-0.4, -0.2) is 33.6 Å². The van der Waals surface area contributed by atoms with Gasteiger partial charge in [-0.15, -0.1) is 10.2 Å². The van der Waals surface area contributed by atoms with Crippen molar-refractivity contribution in [3.05, 3.63) is 88.1 Å². The highest BCUT2D eigenvalue weighted by molar-refractivity contribution is 7.15. The van der Waals surface area contributed by atoms with Gasteiger partial charge in [-0.25, -0.2) is 0 Å². The third kappa shape index (κ3) is 4.70. The molecule has 1 N–H and O–H groups in total. The zero-order valence-corrected chi connectivity index (χ0v) is 19.1. The van der Waals surface area contributed by atoms with Crippen LogP contribution in [0.1, 0.15) is 35.5 Å². The van der Waals surface area contributed by atoms with Crippen molar-refractivity contribution in [2.75, 3.05) is 11.5 Å². The lowest BCUT2D eigenvalue weighted by Crippen LogP contribution is -2.30. The highest BCUT2D eigenvalue weighted by Crippen LogP contribution is 2.42. The maximum absolute atomic E-state index is 13.2. The number of aryl methyl sites for hydroxylation is 1. The minimum absolute atomic E-state index is 0.00209. The average Bonchev–Trinajstić information content (AvgIpc) is 3.37. The summed E-state index contributed by atoms with van der Waals surface area (Å²) >= 11 is 1.22. The fourth-order valence-electron chi connectivity index (χ4n) is 3.55. The number of rotatable bonds is 8. The number of aromatic nitrogens is 2. The minimum atomic E-state index is -0.835. The van der Waals surface area contributed by atoms with E-state index in [1.807, 2.05) is 37.3 Å². The van der Waals surface area contributed by atoms with Crippen molar-refractivity contribution in [3.63, 3.8) is 0 Å². The first-order valence-electron chi connectivity index (χ1n) is 10.6. The number of hydrogen-bond donors (Lipinski definition) is 1. The Kier molecular flexibility index (Phi) is 6.65. The number of allylic oxidation sites excluding steroid dienone is 1. The highest BCUT2D eigenvalue weighted by Gasteiger charge is 2.45. The van der Waals surface area contributed by atoms with Crippen LogP contribution in [-0.2, 0) is 9.59 Å². The molecular weight excluding hydrogens is 438 g/mol. The lowest BCUT2D eigenvalue weighted by molar-refractivity contribution is -0.117. The number of hydrogen-bond acceptors (Lipinski definition) is 7. The van der Waals surface area contributed by atoms with Crippen LogP contribution < -0.4 is 9.64 Å². The van der Waals surface area contributed by atoms with Gasteiger partial charge in [0.1, 0.15) is 10.8 Å². The summed E-state index contributed by atoms with van der Waals surface area (Å²) in [6.07, 6.45) is 3.91. The van der Waals surface area contributed by atoms with Crippen LogP contribution in [0.3, 0.4) is 0 Å². The van der Waals surface area contributed by atoms with E-state index in [0.717, 1.165) is 12.0 Å². The molecule has 0 bridgehead atoms. The van der Waals surface area contributed by atoms with Gasteiger partial charge >= 0.3 is 0 Å². The molecule has 0 spiro atoms. The van der Waals surface area contributed by atoms with Crippen LogP contribution in [0.25, 0.3) is 6.08 Å². The predicted octanol–water partition coefficient (Wildman–Crippen LogP) is 4.82. The number of aliphatic hydroxyl groups is 1. The van der Waals surface area contributed by atoms with Crippen molar-refractivity contribution in [1.29, 1.82) is 0 Å². The molecule has 2 heterocycles. The van der Waals surface area contributed by atoms with Gasteiger partial charge in [0.2, 0.25) is 5.13 Å². The Labute approximate surface area is 195 Å². The Hall–Kier alpha value is -3.78. The molecule has 1 aliphatic rings. The molecule has 0 saturated heterocycles. The Morgan fingerprint density at radius 2 is 1.88 bits per heavy atom. The van der Waals surface area contributed by atoms with Crippen molar-refractivity contribution in [1.82, 2.24) is 10.2 Å². The Morgan fingerprint density at radius 1 is 1.15 bits per heavy atom. The first kappa shape index (κ1) is 22.4. The zero-order chi connectivity index (χ0) is 23.4. The van der Waals surface area contributed by atoms with Gasteiger partial charge in [0.25, 0.3) is 5.91 Å². The second-order valence-electron chi connectivity index (χ2n) is 7.47. The number of ketones is 1. The van der Waals surface area contributed by atoms with E-state index < -0.39 is 23.5 Å². The van der Waals surface area contributed by atoms with E-state index in [1.165, 1.54) is 22.3 Å². The lowest BCUT2D eigenvalue weighted by atomic mass is 9.95. The van der Waals surface area contributed by atoms with Crippen molar-refractivity contribution in [3.8, 4) is 5.75 Å². The molecule has 0 radical (unpaired) electrons. The molecule has 1 aromatic heterocycles. The van der Waals surface area contributed by atoms with E-state index in [9.17, 15) is 14.7 Å². The maximum Gasteiger partial charge on any atom is 0.296 e.